The Morgan fingerprint density at radius 2 is 2.06 bits per heavy atom. The first-order chi connectivity index (χ1) is 16.6. The number of carbonyl (C=O) groups is 1. The van der Waals surface area contributed by atoms with Crippen LogP contribution in [-0.2, 0) is 30.8 Å². The first kappa shape index (κ1) is 22.0. The molecule has 3 N–H and O–H groups in total. The van der Waals surface area contributed by atoms with Gasteiger partial charge in [0.05, 0.1) is 17.4 Å². The summed E-state index contributed by atoms with van der Waals surface area (Å²) in [6.07, 6.45) is 3.03. The van der Waals surface area contributed by atoms with Gasteiger partial charge < -0.3 is 16.0 Å². The van der Waals surface area contributed by atoms with Gasteiger partial charge in [-0.2, -0.15) is 14.8 Å². The maximum Gasteiger partial charge on any atom is 0.253 e. The lowest BCUT2D eigenvalue weighted by molar-refractivity contribution is -0.120. The molecule has 0 unspecified atom stereocenters. The summed E-state index contributed by atoms with van der Waals surface area (Å²) in [5, 5.41) is 15.2. The van der Waals surface area contributed by atoms with Gasteiger partial charge in [-0.05, 0) is 42.3 Å². The largest absolute Gasteiger partial charge is 0.366 e. The van der Waals surface area contributed by atoms with Crippen molar-refractivity contribution in [3.05, 3.63) is 76.9 Å². The van der Waals surface area contributed by atoms with Crippen LogP contribution in [0.3, 0.4) is 0 Å². The Morgan fingerprint density at radius 3 is 2.91 bits per heavy atom. The number of nitrogens with one attached hydrogen (secondary N) is 3. The van der Waals surface area contributed by atoms with Gasteiger partial charge in [-0.3, -0.25) is 4.79 Å². The van der Waals surface area contributed by atoms with Crippen LogP contribution < -0.4 is 16.0 Å². The average Bonchev–Trinajstić information content (AvgIpc) is 3.30. The predicted molar refractivity (Wildman–Crippen MR) is 128 cm³/mol. The maximum atomic E-state index is 13.6. The predicted octanol–water partition coefficient (Wildman–Crippen LogP) is 3.24. The molecule has 0 fully saturated rings. The number of aromatic nitrogens is 4. The highest BCUT2D eigenvalue weighted by atomic mass is 19.1. The molecular formula is C25H26FN7O. The monoisotopic (exact) mass is 459 g/mol. The van der Waals surface area contributed by atoms with Crippen LogP contribution in [0.1, 0.15) is 35.7 Å². The Hall–Kier alpha value is -3.85. The topological polar surface area (TPSA) is 96.8 Å². The van der Waals surface area contributed by atoms with Crippen molar-refractivity contribution in [1.82, 2.24) is 30.4 Å². The molecule has 2 aromatic carbocycles. The number of anilines is 1. The minimum absolute atomic E-state index is 0.00364. The van der Waals surface area contributed by atoms with E-state index in [2.05, 4.69) is 21.0 Å². The van der Waals surface area contributed by atoms with Crippen LogP contribution in [0.2, 0.25) is 0 Å². The summed E-state index contributed by atoms with van der Waals surface area (Å²) in [6.45, 7) is 4.21. The first-order valence-corrected chi connectivity index (χ1v) is 11.4. The quantitative estimate of drug-likeness (QED) is 0.393. The minimum Gasteiger partial charge on any atom is -0.366 e. The molecular weight excluding hydrogens is 433 g/mol. The highest BCUT2D eigenvalue weighted by molar-refractivity contribution is 5.84. The highest BCUT2D eigenvalue weighted by Gasteiger charge is 2.20. The van der Waals surface area contributed by atoms with Crippen LogP contribution >= 0.6 is 0 Å². The Bertz CT molecular complexity index is 1350. The molecule has 0 spiro atoms. The fourth-order valence-corrected chi connectivity index (χ4v) is 4.16. The van der Waals surface area contributed by atoms with Gasteiger partial charge in [0.2, 0.25) is 5.91 Å². The van der Waals surface area contributed by atoms with Gasteiger partial charge in [0.1, 0.15) is 11.6 Å². The molecule has 0 atom stereocenters. The number of halogens is 1. The van der Waals surface area contributed by atoms with E-state index in [4.69, 9.17) is 9.97 Å². The van der Waals surface area contributed by atoms with Crippen molar-refractivity contribution in [1.29, 1.82) is 0 Å². The number of amides is 1. The van der Waals surface area contributed by atoms with Gasteiger partial charge in [-0.1, -0.05) is 31.2 Å². The summed E-state index contributed by atoms with van der Waals surface area (Å²) in [5.41, 5.74) is 4.68. The van der Waals surface area contributed by atoms with E-state index < -0.39 is 0 Å². The molecule has 0 radical (unpaired) electrons. The first-order valence-electron chi connectivity index (χ1n) is 11.4. The number of hydrogen-bond acceptors (Lipinski definition) is 6. The van der Waals surface area contributed by atoms with Crippen LogP contribution in [-0.4, -0.2) is 32.2 Å². The van der Waals surface area contributed by atoms with E-state index in [-0.39, 0.29) is 11.7 Å². The molecule has 1 aliphatic rings. The smallest absolute Gasteiger partial charge is 0.253 e. The Labute approximate surface area is 196 Å². The Balaban J connectivity index is 1.50. The number of benzene rings is 2. The third-order valence-electron chi connectivity index (χ3n) is 5.96. The van der Waals surface area contributed by atoms with E-state index in [1.54, 1.807) is 16.9 Å². The molecule has 9 heteroatoms. The van der Waals surface area contributed by atoms with Gasteiger partial charge in [0, 0.05) is 37.0 Å². The number of fused-ring (bicyclic) bond motifs is 2. The van der Waals surface area contributed by atoms with Crippen molar-refractivity contribution in [2.45, 2.75) is 39.4 Å². The zero-order valence-electron chi connectivity index (χ0n) is 18.9. The molecule has 0 aliphatic carbocycles. The van der Waals surface area contributed by atoms with Crippen molar-refractivity contribution in [3.8, 4) is 5.95 Å². The van der Waals surface area contributed by atoms with E-state index >= 15 is 0 Å². The number of carbonyl (C=O) groups excluding carboxylic acids is 1. The number of rotatable bonds is 7. The maximum absolute atomic E-state index is 13.6. The Kier molecular flexibility index (Phi) is 6.18. The highest BCUT2D eigenvalue weighted by Crippen LogP contribution is 2.25. The molecule has 0 saturated heterocycles. The second-order valence-corrected chi connectivity index (χ2v) is 8.24. The standard InChI is InChI=1S/C25H26FN7O/c1-2-23(34)28-13-17-6-4-8-22-20(17)14-30-33(22)25-31-21-15-27-10-9-19(21)24(32-25)29-12-16-5-3-7-18(26)11-16/h3-8,11,14,27H,2,9-10,12-13,15H2,1H3,(H,28,34)(H,29,31,32). The molecule has 1 aliphatic heterocycles. The van der Waals surface area contributed by atoms with Crippen LogP contribution in [0.15, 0.2) is 48.7 Å². The van der Waals surface area contributed by atoms with E-state index in [1.165, 1.54) is 12.1 Å². The molecule has 34 heavy (non-hydrogen) atoms. The fourth-order valence-electron chi connectivity index (χ4n) is 4.16. The van der Waals surface area contributed by atoms with E-state index in [9.17, 15) is 9.18 Å². The van der Waals surface area contributed by atoms with Crippen LogP contribution in [0.4, 0.5) is 10.2 Å². The number of nitrogens with zero attached hydrogens (tertiary/aromatic N) is 4. The van der Waals surface area contributed by atoms with E-state index in [0.717, 1.165) is 52.1 Å². The Morgan fingerprint density at radius 1 is 1.18 bits per heavy atom. The third-order valence-corrected chi connectivity index (χ3v) is 5.96. The van der Waals surface area contributed by atoms with Crippen molar-refractivity contribution < 1.29 is 9.18 Å². The second kappa shape index (κ2) is 9.56. The van der Waals surface area contributed by atoms with Gasteiger partial charge >= 0.3 is 0 Å². The third kappa shape index (κ3) is 4.47. The molecule has 8 nitrogen and oxygen atoms in total. The minimum atomic E-state index is -0.261. The lowest BCUT2D eigenvalue weighted by Gasteiger charge is -2.21. The van der Waals surface area contributed by atoms with Crippen LogP contribution in [0, 0.1) is 5.82 Å². The SMILES string of the molecule is CCC(=O)NCc1cccc2c1cnn2-c1nc2c(c(NCc3cccc(F)c3)n1)CCNC2. The molecule has 1 amide bonds. The molecule has 2 aromatic heterocycles. The lowest BCUT2D eigenvalue weighted by atomic mass is 10.1. The van der Waals surface area contributed by atoms with Crippen molar-refractivity contribution in [2.24, 2.45) is 0 Å². The molecule has 5 rings (SSSR count). The van der Waals surface area contributed by atoms with Crippen molar-refractivity contribution in [2.75, 3.05) is 11.9 Å². The van der Waals surface area contributed by atoms with Crippen molar-refractivity contribution >= 4 is 22.6 Å². The van der Waals surface area contributed by atoms with E-state index in [1.807, 2.05) is 31.2 Å². The second-order valence-electron chi connectivity index (χ2n) is 8.24. The molecule has 0 saturated carbocycles. The molecule has 4 aromatic rings. The summed E-state index contributed by atoms with van der Waals surface area (Å²) in [5.74, 6) is 0.946. The molecule has 3 heterocycles. The van der Waals surface area contributed by atoms with Crippen molar-refractivity contribution in [3.63, 3.8) is 0 Å². The van der Waals surface area contributed by atoms with Gasteiger partial charge in [0.25, 0.3) is 5.95 Å². The average molecular weight is 460 g/mol. The summed E-state index contributed by atoms with van der Waals surface area (Å²) >= 11 is 0. The normalized spacial score (nSPS) is 13.0. The summed E-state index contributed by atoms with van der Waals surface area (Å²) in [6, 6.07) is 12.4. The lowest BCUT2D eigenvalue weighted by Crippen LogP contribution is -2.27. The van der Waals surface area contributed by atoms with Crippen LogP contribution in [0.25, 0.3) is 16.9 Å². The summed E-state index contributed by atoms with van der Waals surface area (Å²) in [7, 11) is 0. The summed E-state index contributed by atoms with van der Waals surface area (Å²) < 4.78 is 15.3. The number of hydrogen-bond donors (Lipinski definition) is 3. The summed E-state index contributed by atoms with van der Waals surface area (Å²) in [4.78, 5) is 21.3. The van der Waals surface area contributed by atoms with Crippen LogP contribution in [0.5, 0.6) is 0 Å². The zero-order chi connectivity index (χ0) is 23.5. The van der Waals surface area contributed by atoms with E-state index in [0.29, 0.717) is 32.0 Å². The molecule has 0 bridgehead atoms. The fraction of sp³-hybridized carbons (Fsp3) is 0.280. The van der Waals surface area contributed by atoms with Gasteiger partial charge in [-0.15, -0.1) is 0 Å². The van der Waals surface area contributed by atoms with Gasteiger partial charge in [-0.25, -0.2) is 9.37 Å². The van der Waals surface area contributed by atoms with Gasteiger partial charge in [0.15, 0.2) is 0 Å². The zero-order valence-corrected chi connectivity index (χ0v) is 18.9. The molecule has 174 valence electrons.